The van der Waals surface area contributed by atoms with Crippen LogP contribution in [0.5, 0.6) is 0 Å². The summed E-state index contributed by atoms with van der Waals surface area (Å²) in [6, 6.07) is 4.40. The number of hydrogen-bond acceptors (Lipinski definition) is 5. The van der Waals surface area contributed by atoms with Crippen LogP contribution in [0.15, 0.2) is 18.3 Å². The fourth-order valence-corrected chi connectivity index (χ4v) is 3.74. The molecule has 2 rings (SSSR count). The Bertz CT molecular complexity index is 529. The molecule has 0 bridgehead atoms. The van der Waals surface area contributed by atoms with Crippen LogP contribution in [0.4, 0.5) is 5.69 Å². The van der Waals surface area contributed by atoms with Crippen molar-refractivity contribution < 1.29 is 8.42 Å². The summed E-state index contributed by atoms with van der Waals surface area (Å²) in [5.41, 5.74) is 2.07. The molecule has 1 aliphatic rings. The average molecular weight is 311 g/mol. The first-order chi connectivity index (χ1) is 10.1. The molecular formula is C15H25N3O2S. The Morgan fingerprint density at radius 1 is 1.29 bits per heavy atom. The number of aromatic nitrogens is 1. The van der Waals surface area contributed by atoms with Crippen molar-refractivity contribution in [1.29, 1.82) is 0 Å². The maximum absolute atomic E-state index is 11.5. The third kappa shape index (κ3) is 4.41. The molecule has 1 aromatic rings. The second-order valence-electron chi connectivity index (χ2n) is 5.50. The maximum Gasteiger partial charge on any atom is 0.153 e. The van der Waals surface area contributed by atoms with Gasteiger partial charge in [-0.15, -0.1) is 0 Å². The van der Waals surface area contributed by atoms with E-state index in [0.29, 0.717) is 19.1 Å². The first kappa shape index (κ1) is 16.2. The molecule has 0 aromatic carbocycles. The molecule has 118 valence electrons. The molecule has 1 aliphatic heterocycles. The zero-order chi connectivity index (χ0) is 15.3. The fourth-order valence-electron chi connectivity index (χ4n) is 2.54. The fraction of sp³-hybridized carbons (Fsp3) is 0.667. The number of nitrogens with zero attached hydrogens (tertiary/aromatic N) is 2. The first-order valence-electron chi connectivity index (χ1n) is 7.70. The highest BCUT2D eigenvalue weighted by molar-refractivity contribution is 7.91. The molecule has 0 saturated carbocycles. The van der Waals surface area contributed by atoms with E-state index in [2.05, 4.69) is 41.2 Å². The molecule has 0 amide bonds. The largest absolute Gasteiger partial charge is 0.368 e. The Morgan fingerprint density at radius 3 is 2.52 bits per heavy atom. The van der Waals surface area contributed by atoms with Crippen molar-refractivity contribution in [2.45, 2.75) is 32.7 Å². The van der Waals surface area contributed by atoms with E-state index in [1.54, 1.807) is 0 Å². The minimum Gasteiger partial charge on any atom is -0.368 e. The van der Waals surface area contributed by atoms with Gasteiger partial charge in [-0.3, -0.25) is 4.98 Å². The Hall–Kier alpha value is -1.14. The van der Waals surface area contributed by atoms with E-state index in [9.17, 15) is 8.42 Å². The summed E-state index contributed by atoms with van der Waals surface area (Å²) in [5, 5.41) is 3.49. The minimum atomic E-state index is -2.83. The number of sulfone groups is 1. The van der Waals surface area contributed by atoms with Crippen LogP contribution in [-0.2, 0) is 9.84 Å². The lowest BCUT2D eigenvalue weighted by Crippen LogP contribution is -2.40. The predicted molar refractivity (Wildman–Crippen MR) is 86.4 cm³/mol. The van der Waals surface area contributed by atoms with Crippen LogP contribution in [0.3, 0.4) is 0 Å². The molecule has 21 heavy (non-hydrogen) atoms. The predicted octanol–water partition coefficient (Wildman–Crippen LogP) is 1.77. The van der Waals surface area contributed by atoms with E-state index >= 15 is 0 Å². The summed E-state index contributed by atoms with van der Waals surface area (Å²) < 4.78 is 22.9. The summed E-state index contributed by atoms with van der Waals surface area (Å²) in [7, 11) is -2.83. The summed E-state index contributed by atoms with van der Waals surface area (Å²) in [6.07, 6.45) is 3.98. The van der Waals surface area contributed by atoms with Crippen molar-refractivity contribution in [3.8, 4) is 0 Å². The van der Waals surface area contributed by atoms with Crippen molar-refractivity contribution in [2.75, 3.05) is 36.0 Å². The number of anilines is 1. The Kier molecular flexibility index (Phi) is 5.58. The van der Waals surface area contributed by atoms with Crippen molar-refractivity contribution in [2.24, 2.45) is 0 Å². The molecule has 1 atom stereocenters. The van der Waals surface area contributed by atoms with Crippen LogP contribution in [0.2, 0.25) is 0 Å². The topological polar surface area (TPSA) is 62.3 Å². The van der Waals surface area contributed by atoms with Gasteiger partial charge in [0.2, 0.25) is 0 Å². The lowest BCUT2D eigenvalue weighted by Gasteiger charge is -2.28. The molecule has 1 N–H and O–H groups in total. The van der Waals surface area contributed by atoms with Crippen LogP contribution in [0, 0.1) is 0 Å². The SMILES string of the molecule is CCCNC(CC)c1ccc(N2CCS(=O)(=O)CC2)cn1. The molecule has 0 radical (unpaired) electrons. The normalized spacial score (nSPS) is 19.4. The van der Waals surface area contributed by atoms with Gasteiger partial charge in [0.05, 0.1) is 29.1 Å². The van der Waals surface area contributed by atoms with Gasteiger partial charge in [-0.05, 0) is 31.5 Å². The molecule has 1 fully saturated rings. The summed E-state index contributed by atoms with van der Waals surface area (Å²) in [4.78, 5) is 6.66. The standard InChI is InChI=1S/C15H25N3O2S/c1-3-7-16-14(4-2)15-6-5-13(12-17-15)18-8-10-21(19,20)11-9-18/h5-6,12,14,16H,3-4,7-11H2,1-2H3. The average Bonchev–Trinajstić information content (AvgIpc) is 2.49. The van der Waals surface area contributed by atoms with Gasteiger partial charge in [-0.1, -0.05) is 13.8 Å². The van der Waals surface area contributed by atoms with Crippen LogP contribution >= 0.6 is 0 Å². The smallest absolute Gasteiger partial charge is 0.153 e. The summed E-state index contributed by atoms with van der Waals surface area (Å²) >= 11 is 0. The van der Waals surface area contributed by atoms with Gasteiger partial charge < -0.3 is 10.2 Å². The third-order valence-corrected chi connectivity index (χ3v) is 5.50. The number of pyridine rings is 1. The van der Waals surface area contributed by atoms with Gasteiger partial charge in [0.15, 0.2) is 9.84 Å². The van der Waals surface area contributed by atoms with Gasteiger partial charge in [0.25, 0.3) is 0 Å². The molecule has 2 heterocycles. The summed E-state index contributed by atoms with van der Waals surface area (Å²) in [6.45, 7) is 6.42. The van der Waals surface area contributed by atoms with Crippen molar-refractivity contribution >= 4 is 15.5 Å². The molecule has 5 nitrogen and oxygen atoms in total. The molecule has 1 aromatic heterocycles. The van der Waals surface area contributed by atoms with Gasteiger partial charge >= 0.3 is 0 Å². The van der Waals surface area contributed by atoms with E-state index < -0.39 is 9.84 Å². The first-order valence-corrected chi connectivity index (χ1v) is 9.52. The molecule has 0 aliphatic carbocycles. The minimum absolute atomic E-state index is 0.240. The van der Waals surface area contributed by atoms with E-state index in [0.717, 1.165) is 30.8 Å². The van der Waals surface area contributed by atoms with E-state index in [1.807, 2.05) is 6.20 Å². The highest BCUT2D eigenvalue weighted by Crippen LogP contribution is 2.20. The molecule has 1 saturated heterocycles. The highest BCUT2D eigenvalue weighted by Gasteiger charge is 2.22. The van der Waals surface area contributed by atoms with Crippen LogP contribution in [-0.4, -0.2) is 44.5 Å². The highest BCUT2D eigenvalue weighted by atomic mass is 32.2. The van der Waals surface area contributed by atoms with Gasteiger partial charge in [0, 0.05) is 19.1 Å². The van der Waals surface area contributed by atoms with Gasteiger partial charge in [0.1, 0.15) is 0 Å². The van der Waals surface area contributed by atoms with Crippen LogP contribution in [0.1, 0.15) is 38.4 Å². The van der Waals surface area contributed by atoms with Gasteiger partial charge in [-0.2, -0.15) is 0 Å². The monoisotopic (exact) mass is 311 g/mol. The van der Waals surface area contributed by atoms with Crippen LogP contribution in [0.25, 0.3) is 0 Å². The second-order valence-corrected chi connectivity index (χ2v) is 7.80. The van der Waals surface area contributed by atoms with Crippen molar-refractivity contribution in [3.63, 3.8) is 0 Å². The van der Waals surface area contributed by atoms with E-state index in [4.69, 9.17) is 0 Å². The van der Waals surface area contributed by atoms with E-state index in [-0.39, 0.29) is 11.5 Å². The zero-order valence-electron chi connectivity index (χ0n) is 12.9. The maximum atomic E-state index is 11.5. The van der Waals surface area contributed by atoms with Crippen molar-refractivity contribution in [3.05, 3.63) is 24.0 Å². The Labute approximate surface area is 127 Å². The Morgan fingerprint density at radius 2 is 2.00 bits per heavy atom. The van der Waals surface area contributed by atoms with Crippen molar-refractivity contribution in [1.82, 2.24) is 10.3 Å². The third-order valence-electron chi connectivity index (χ3n) is 3.89. The molecule has 6 heteroatoms. The Balaban J connectivity index is 2.01. The second kappa shape index (κ2) is 7.22. The number of rotatable bonds is 6. The number of nitrogens with one attached hydrogen (secondary N) is 1. The molecule has 0 spiro atoms. The molecular weight excluding hydrogens is 286 g/mol. The van der Waals surface area contributed by atoms with Gasteiger partial charge in [-0.25, -0.2) is 8.42 Å². The number of hydrogen-bond donors (Lipinski definition) is 1. The van der Waals surface area contributed by atoms with E-state index in [1.165, 1.54) is 0 Å². The zero-order valence-corrected chi connectivity index (χ0v) is 13.7. The lowest BCUT2D eigenvalue weighted by atomic mass is 10.1. The molecule has 1 unspecified atom stereocenters. The quantitative estimate of drug-likeness (QED) is 0.867. The lowest BCUT2D eigenvalue weighted by molar-refractivity contribution is 0.507. The summed E-state index contributed by atoms with van der Waals surface area (Å²) in [5.74, 6) is 0.481. The van der Waals surface area contributed by atoms with Crippen LogP contribution < -0.4 is 10.2 Å².